The van der Waals surface area contributed by atoms with Crippen molar-refractivity contribution in [1.29, 1.82) is 0 Å². The molecule has 2 aliphatic rings. The fourth-order valence-corrected chi connectivity index (χ4v) is 6.49. The summed E-state index contributed by atoms with van der Waals surface area (Å²) in [4.78, 5) is 18.8. The van der Waals surface area contributed by atoms with E-state index in [0.29, 0.717) is 48.5 Å². The summed E-state index contributed by atoms with van der Waals surface area (Å²) < 4.78 is 45.8. The molecule has 0 spiro atoms. The van der Waals surface area contributed by atoms with Crippen LogP contribution < -0.4 is 14.4 Å². The Kier molecular flexibility index (Phi) is 7.40. The second kappa shape index (κ2) is 10.7. The SMILES string of the molecule is COc1ncnc(OC)c1-n1c(CS(=O)(=O)[C@H]2CCCN(c3ncc(Cl)cn3)C2)nnc1[C@H]1CCCO1. The maximum Gasteiger partial charge on any atom is 0.245 e. The number of rotatable bonds is 8. The zero-order valence-corrected chi connectivity index (χ0v) is 22.0. The van der Waals surface area contributed by atoms with Gasteiger partial charge in [0.2, 0.25) is 17.7 Å². The predicted molar refractivity (Wildman–Crippen MR) is 133 cm³/mol. The van der Waals surface area contributed by atoms with E-state index in [1.807, 2.05) is 4.90 Å². The summed E-state index contributed by atoms with van der Waals surface area (Å²) in [6.45, 7) is 1.50. The summed E-state index contributed by atoms with van der Waals surface area (Å²) in [5, 5.41) is 8.40. The highest BCUT2D eigenvalue weighted by Crippen LogP contribution is 2.36. The van der Waals surface area contributed by atoms with Crippen molar-refractivity contribution in [2.75, 3.05) is 38.8 Å². The highest BCUT2D eigenvalue weighted by atomic mass is 35.5. The molecule has 0 saturated carbocycles. The van der Waals surface area contributed by atoms with Gasteiger partial charge in [0.05, 0.1) is 36.9 Å². The van der Waals surface area contributed by atoms with Crippen LogP contribution in [-0.2, 0) is 20.3 Å². The van der Waals surface area contributed by atoms with Crippen molar-refractivity contribution in [2.45, 2.75) is 42.8 Å². The Morgan fingerprint density at radius 2 is 1.78 bits per heavy atom. The van der Waals surface area contributed by atoms with Crippen molar-refractivity contribution in [3.63, 3.8) is 0 Å². The van der Waals surface area contributed by atoms with Gasteiger partial charge in [-0.2, -0.15) is 9.97 Å². The lowest BCUT2D eigenvalue weighted by molar-refractivity contribution is 0.103. The molecule has 0 aliphatic carbocycles. The van der Waals surface area contributed by atoms with E-state index >= 15 is 0 Å². The average Bonchev–Trinajstić information content (AvgIpc) is 3.58. The van der Waals surface area contributed by atoms with E-state index in [-0.39, 0.29) is 36.0 Å². The Morgan fingerprint density at radius 3 is 2.43 bits per heavy atom. The molecule has 0 N–H and O–H groups in total. The maximum atomic E-state index is 13.7. The highest BCUT2D eigenvalue weighted by Gasteiger charge is 2.36. The first-order valence-corrected chi connectivity index (χ1v) is 13.9. The second-order valence-electron chi connectivity index (χ2n) is 8.77. The number of hydrogen-bond acceptors (Lipinski definition) is 12. The van der Waals surface area contributed by atoms with E-state index in [9.17, 15) is 8.42 Å². The molecule has 198 valence electrons. The molecule has 0 radical (unpaired) electrons. The van der Waals surface area contributed by atoms with E-state index in [1.165, 1.54) is 32.9 Å². The molecule has 2 fully saturated rings. The Balaban J connectivity index is 1.50. The van der Waals surface area contributed by atoms with Crippen LogP contribution in [0.4, 0.5) is 5.95 Å². The minimum Gasteiger partial charge on any atom is -0.479 e. The van der Waals surface area contributed by atoms with E-state index in [2.05, 4.69) is 30.1 Å². The van der Waals surface area contributed by atoms with Crippen molar-refractivity contribution in [3.05, 3.63) is 35.4 Å². The molecular formula is C22H27ClN8O5S. The van der Waals surface area contributed by atoms with Gasteiger partial charge in [-0.25, -0.2) is 18.4 Å². The molecule has 2 saturated heterocycles. The molecule has 5 heterocycles. The lowest BCUT2D eigenvalue weighted by Crippen LogP contribution is -2.43. The zero-order chi connectivity index (χ0) is 26.0. The molecule has 0 unspecified atom stereocenters. The molecule has 0 bridgehead atoms. The summed E-state index contributed by atoms with van der Waals surface area (Å²) in [5.41, 5.74) is 0.327. The minimum atomic E-state index is -3.68. The second-order valence-corrected chi connectivity index (χ2v) is 11.5. The molecule has 0 amide bonds. The van der Waals surface area contributed by atoms with Crippen molar-refractivity contribution in [2.24, 2.45) is 0 Å². The number of anilines is 1. The number of ether oxygens (including phenoxy) is 3. The third-order valence-corrected chi connectivity index (χ3v) is 8.70. The summed E-state index contributed by atoms with van der Waals surface area (Å²) >= 11 is 5.91. The van der Waals surface area contributed by atoms with Gasteiger partial charge in [0.15, 0.2) is 27.2 Å². The Labute approximate surface area is 219 Å². The van der Waals surface area contributed by atoms with Crippen LogP contribution in [0.3, 0.4) is 0 Å². The summed E-state index contributed by atoms with van der Waals surface area (Å²) in [6.07, 6.45) is 6.73. The van der Waals surface area contributed by atoms with Crippen LogP contribution in [0, 0.1) is 0 Å². The van der Waals surface area contributed by atoms with Crippen LogP contribution in [0.15, 0.2) is 18.7 Å². The largest absolute Gasteiger partial charge is 0.479 e. The first-order valence-electron chi connectivity index (χ1n) is 11.8. The van der Waals surface area contributed by atoms with E-state index in [0.717, 1.165) is 12.8 Å². The normalized spacial score (nSPS) is 20.2. The van der Waals surface area contributed by atoms with Crippen LogP contribution >= 0.6 is 11.6 Å². The highest BCUT2D eigenvalue weighted by molar-refractivity contribution is 7.91. The fourth-order valence-electron chi connectivity index (χ4n) is 4.67. The number of nitrogens with zero attached hydrogens (tertiary/aromatic N) is 8. The van der Waals surface area contributed by atoms with Crippen molar-refractivity contribution in [3.8, 4) is 17.4 Å². The van der Waals surface area contributed by atoms with Gasteiger partial charge in [-0.15, -0.1) is 10.2 Å². The minimum absolute atomic E-state index is 0.202. The first kappa shape index (κ1) is 25.5. The van der Waals surface area contributed by atoms with Gasteiger partial charge in [-0.3, -0.25) is 4.57 Å². The monoisotopic (exact) mass is 550 g/mol. The molecule has 2 aliphatic heterocycles. The van der Waals surface area contributed by atoms with Crippen molar-refractivity contribution < 1.29 is 22.6 Å². The number of halogens is 1. The van der Waals surface area contributed by atoms with Gasteiger partial charge in [0.25, 0.3) is 0 Å². The average molecular weight is 551 g/mol. The predicted octanol–water partition coefficient (Wildman–Crippen LogP) is 1.95. The van der Waals surface area contributed by atoms with E-state index < -0.39 is 15.1 Å². The first-order chi connectivity index (χ1) is 17.9. The lowest BCUT2D eigenvalue weighted by atomic mass is 10.1. The van der Waals surface area contributed by atoms with E-state index in [4.69, 9.17) is 25.8 Å². The molecule has 15 heteroatoms. The summed E-state index contributed by atoms with van der Waals surface area (Å²) in [6, 6.07) is 0. The van der Waals surface area contributed by atoms with Crippen LogP contribution in [0.25, 0.3) is 5.69 Å². The van der Waals surface area contributed by atoms with Crippen molar-refractivity contribution >= 4 is 27.4 Å². The Bertz CT molecular complexity index is 1330. The van der Waals surface area contributed by atoms with E-state index in [1.54, 1.807) is 4.57 Å². The van der Waals surface area contributed by atoms with Gasteiger partial charge in [-0.1, -0.05) is 11.6 Å². The van der Waals surface area contributed by atoms with Crippen LogP contribution in [-0.4, -0.2) is 82.3 Å². The topological polar surface area (TPSA) is 147 Å². The molecule has 2 atom stereocenters. The third kappa shape index (κ3) is 5.18. The smallest absolute Gasteiger partial charge is 0.245 e. The molecule has 13 nitrogen and oxygen atoms in total. The van der Waals surface area contributed by atoms with Gasteiger partial charge in [-0.05, 0) is 25.7 Å². The van der Waals surface area contributed by atoms with Crippen LogP contribution in [0.2, 0.25) is 5.02 Å². The molecule has 3 aromatic rings. The molecule has 5 rings (SSSR count). The Morgan fingerprint density at radius 1 is 1.05 bits per heavy atom. The molecule has 3 aromatic heterocycles. The van der Waals surface area contributed by atoms with Gasteiger partial charge < -0.3 is 19.1 Å². The summed E-state index contributed by atoms with van der Waals surface area (Å²) in [7, 11) is -0.744. The van der Waals surface area contributed by atoms with Crippen LogP contribution in [0.1, 0.15) is 43.4 Å². The molecule has 37 heavy (non-hydrogen) atoms. The standard InChI is InChI=1S/C22H27ClN8O5S/c1-34-20-18(21(35-2)27-13-26-20)31-17(28-29-19(31)16-6-4-8-36-16)12-37(32,33)15-5-3-7-30(11-15)22-24-9-14(23)10-25-22/h9-10,13,15-16H,3-8,11-12H2,1-2H3/t15-,16+/m0/s1. The zero-order valence-electron chi connectivity index (χ0n) is 20.4. The third-order valence-electron chi connectivity index (χ3n) is 6.44. The van der Waals surface area contributed by atoms with Gasteiger partial charge in [0.1, 0.15) is 18.2 Å². The fraction of sp³-hybridized carbons (Fsp3) is 0.545. The Hall–Kier alpha value is -3.10. The van der Waals surface area contributed by atoms with Gasteiger partial charge in [0, 0.05) is 19.7 Å². The number of sulfone groups is 1. The number of methoxy groups -OCH3 is 2. The lowest BCUT2D eigenvalue weighted by Gasteiger charge is -2.32. The quantitative estimate of drug-likeness (QED) is 0.403. The molecule has 0 aromatic carbocycles. The van der Waals surface area contributed by atoms with Crippen LogP contribution in [0.5, 0.6) is 11.8 Å². The molecular weight excluding hydrogens is 524 g/mol. The number of aromatic nitrogens is 7. The number of piperidine rings is 1. The number of hydrogen-bond donors (Lipinski definition) is 0. The summed E-state index contributed by atoms with van der Waals surface area (Å²) in [5.74, 6) is 1.16. The van der Waals surface area contributed by atoms with Gasteiger partial charge >= 0.3 is 0 Å². The maximum absolute atomic E-state index is 13.7. The van der Waals surface area contributed by atoms with Crippen molar-refractivity contribution in [1.82, 2.24) is 34.7 Å².